The number of carbonyl (C=O) groups is 1. The highest BCUT2D eigenvalue weighted by atomic mass is 16.1. The van der Waals surface area contributed by atoms with Crippen LogP contribution in [-0.2, 0) is 4.79 Å². The topological polar surface area (TPSA) is 54.9 Å². The molecule has 1 aliphatic rings. The summed E-state index contributed by atoms with van der Waals surface area (Å²) in [6, 6.07) is 9.84. The van der Waals surface area contributed by atoms with Crippen LogP contribution in [0.5, 0.6) is 0 Å². The lowest BCUT2D eigenvalue weighted by molar-refractivity contribution is -0.113. The number of rotatable bonds is 4. The molecule has 0 amide bonds. The number of ketones is 1. The number of para-hydroxylation sites is 1. The first-order chi connectivity index (χ1) is 12.3. The molecule has 1 N–H and O–H groups in total. The van der Waals surface area contributed by atoms with E-state index in [-0.39, 0.29) is 12.2 Å². The number of benzene rings is 1. The SMILES string of the molecule is CC#CC(=O)CC1=C/C=c2/c(Nc3ccccc3)ncn/c2=C\C=C\1. The molecular formula is C21H17N3O. The van der Waals surface area contributed by atoms with Gasteiger partial charge in [0, 0.05) is 17.3 Å². The first kappa shape index (κ1) is 16.4. The van der Waals surface area contributed by atoms with Crippen molar-refractivity contribution in [3.05, 3.63) is 71.0 Å². The summed E-state index contributed by atoms with van der Waals surface area (Å²) in [5, 5.41) is 5.01. The van der Waals surface area contributed by atoms with E-state index in [1.54, 1.807) is 6.92 Å². The molecule has 2 aromatic rings. The predicted molar refractivity (Wildman–Crippen MR) is 100 cm³/mol. The van der Waals surface area contributed by atoms with Crippen molar-refractivity contribution < 1.29 is 4.79 Å². The summed E-state index contributed by atoms with van der Waals surface area (Å²) in [7, 11) is 0. The smallest absolute Gasteiger partial charge is 0.209 e. The van der Waals surface area contributed by atoms with Crippen molar-refractivity contribution in [3.63, 3.8) is 0 Å². The number of hydrogen-bond donors (Lipinski definition) is 1. The van der Waals surface area contributed by atoms with Crippen LogP contribution in [0, 0.1) is 11.8 Å². The number of Topliss-reactive ketones (excluding diaryl/α,β-unsaturated/α-hetero) is 1. The van der Waals surface area contributed by atoms with Gasteiger partial charge in [0.05, 0.1) is 5.35 Å². The Morgan fingerprint density at radius 2 is 1.96 bits per heavy atom. The molecule has 1 heterocycles. The van der Waals surface area contributed by atoms with E-state index < -0.39 is 0 Å². The maximum absolute atomic E-state index is 11.8. The zero-order chi connectivity index (χ0) is 17.5. The van der Waals surface area contributed by atoms with Gasteiger partial charge in [0.25, 0.3) is 0 Å². The molecule has 0 radical (unpaired) electrons. The fraction of sp³-hybridized carbons (Fsp3) is 0.0952. The number of fused-ring (bicyclic) bond motifs is 1. The van der Waals surface area contributed by atoms with E-state index in [1.165, 1.54) is 6.33 Å². The van der Waals surface area contributed by atoms with Crippen molar-refractivity contribution in [2.75, 3.05) is 5.32 Å². The Balaban J connectivity index is 2.00. The minimum absolute atomic E-state index is 0.0976. The molecule has 25 heavy (non-hydrogen) atoms. The Hall–Kier alpha value is -3.45. The van der Waals surface area contributed by atoms with Crippen molar-refractivity contribution in [2.24, 2.45) is 0 Å². The Kier molecular flexibility index (Phi) is 5.18. The van der Waals surface area contributed by atoms with Crippen LogP contribution in [0.15, 0.2) is 60.5 Å². The van der Waals surface area contributed by atoms with Gasteiger partial charge in [0.2, 0.25) is 5.78 Å². The molecule has 4 heteroatoms. The van der Waals surface area contributed by atoms with Gasteiger partial charge in [0.1, 0.15) is 12.1 Å². The van der Waals surface area contributed by atoms with Crippen LogP contribution in [-0.4, -0.2) is 15.8 Å². The second-order valence-corrected chi connectivity index (χ2v) is 5.42. The monoisotopic (exact) mass is 327 g/mol. The molecule has 1 aromatic carbocycles. The van der Waals surface area contributed by atoms with Gasteiger partial charge < -0.3 is 5.32 Å². The van der Waals surface area contributed by atoms with E-state index in [4.69, 9.17) is 0 Å². The Bertz CT molecular complexity index is 1020. The lowest BCUT2D eigenvalue weighted by Crippen LogP contribution is -2.31. The van der Waals surface area contributed by atoms with Gasteiger partial charge in [-0.2, -0.15) is 0 Å². The summed E-state index contributed by atoms with van der Waals surface area (Å²) >= 11 is 0. The molecule has 0 spiro atoms. The van der Waals surface area contributed by atoms with Crippen molar-refractivity contribution in [1.29, 1.82) is 0 Å². The third-order valence-electron chi connectivity index (χ3n) is 3.61. The average Bonchev–Trinajstić information content (AvgIpc) is 2.59. The molecule has 1 aliphatic carbocycles. The van der Waals surface area contributed by atoms with E-state index in [2.05, 4.69) is 27.1 Å². The zero-order valence-electron chi connectivity index (χ0n) is 13.9. The highest BCUT2D eigenvalue weighted by Gasteiger charge is 2.03. The van der Waals surface area contributed by atoms with Crippen molar-refractivity contribution in [3.8, 4) is 11.8 Å². The van der Waals surface area contributed by atoms with Crippen molar-refractivity contribution in [2.45, 2.75) is 13.3 Å². The van der Waals surface area contributed by atoms with Gasteiger partial charge in [-0.25, -0.2) is 9.97 Å². The summed E-state index contributed by atoms with van der Waals surface area (Å²) in [6.07, 6.45) is 11.4. The van der Waals surface area contributed by atoms with Crippen LogP contribution in [0.25, 0.3) is 12.2 Å². The van der Waals surface area contributed by atoms with Crippen LogP contribution in [0.1, 0.15) is 13.3 Å². The van der Waals surface area contributed by atoms with Gasteiger partial charge in [-0.05, 0) is 42.7 Å². The molecule has 0 atom stereocenters. The van der Waals surface area contributed by atoms with Gasteiger partial charge in [0.15, 0.2) is 0 Å². The third-order valence-corrected chi connectivity index (χ3v) is 3.61. The van der Waals surface area contributed by atoms with E-state index in [1.807, 2.05) is 60.7 Å². The Labute approximate surface area is 146 Å². The number of allylic oxidation sites excluding steroid dienone is 4. The second kappa shape index (κ2) is 7.89. The molecule has 4 nitrogen and oxygen atoms in total. The largest absolute Gasteiger partial charge is 0.340 e. The lowest BCUT2D eigenvalue weighted by atomic mass is 10.1. The highest BCUT2D eigenvalue weighted by molar-refractivity contribution is 5.97. The molecule has 0 saturated heterocycles. The normalized spacial score (nSPS) is 18.2. The zero-order valence-corrected chi connectivity index (χ0v) is 13.9. The Morgan fingerprint density at radius 1 is 1.12 bits per heavy atom. The molecule has 0 aliphatic heterocycles. The summed E-state index contributed by atoms with van der Waals surface area (Å²) < 4.78 is 0. The highest BCUT2D eigenvalue weighted by Crippen LogP contribution is 2.10. The minimum atomic E-state index is -0.0976. The number of nitrogens with one attached hydrogen (secondary N) is 1. The number of aromatic nitrogens is 2. The molecule has 0 saturated carbocycles. The molecule has 0 fully saturated rings. The van der Waals surface area contributed by atoms with Gasteiger partial charge in [-0.3, -0.25) is 4.79 Å². The average molecular weight is 327 g/mol. The van der Waals surface area contributed by atoms with Gasteiger partial charge in [-0.1, -0.05) is 42.3 Å². The summed E-state index contributed by atoms with van der Waals surface area (Å²) in [4.78, 5) is 20.4. The number of anilines is 2. The van der Waals surface area contributed by atoms with Crippen LogP contribution in [0.2, 0.25) is 0 Å². The molecule has 1 aromatic heterocycles. The molecular weight excluding hydrogens is 310 g/mol. The lowest BCUT2D eigenvalue weighted by Gasteiger charge is -2.07. The van der Waals surface area contributed by atoms with E-state index in [0.717, 1.165) is 27.6 Å². The molecule has 0 bridgehead atoms. The van der Waals surface area contributed by atoms with Crippen LogP contribution in [0.4, 0.5) is 11.5 Å². The van der Waals surface area contributed by atoms with Crippen molar-refractivity contribution >= 4 is 29.4 Å². The van der Waals surface area contributed by atoms with Gasteiger partial charge in [-0.15, -0.1) is 0 Å². The number of hydrogen-bond acceptors (Lipinski definition) is 4. The van der Waals surface area contributed by atoms with E-state index in [9.17, 15) is 4.79 Å². The fourth-order valence-corrected chi connectivity index (χ4v) is 2.46. The fourth-order valence-electron chi connectivity index (χ4n) is 2.46. The Morgan fingerprint density at radius 3 is 2.76 bits per heavy atom. The minimum Gasteiger partial charge on any atom is -0.340 e. The van der Waals surface area contributed by atoms with Crippen LogP contribution >= 0.6 is 0 Å². The van der Waals surface area contributed by atoms with Crippen LogP contribution < -0.4 is 15.9 Å². The number of carbonyl (C=O) groups excluding carboxylic acids is 1. The predicted octanol–water partition coefficient (Wildman–Crippen LogP) is 2.26. The van der Waals surface area contributed by atoms with E-state index in [0.29, 0.717) is 0 Å². The third kappa shape index (κ3) is 4.30. The summed E-state index contributed by atoms with van der Waals surface area (Å²) in [5.74, 6) is 5.83. The second-order valence-electron chi connectivity index (χ2n) is 5.42. The van der Waals surface area contributed by atoms with E-state index >= 15 is 0 Å². The summed E-state index contributed by atoms with van der Waals surface area (Å²) in [5.41, 5.74) is 1.84. The molecule has 0 unspecified atom stereocenters. The van der Waals surface area contributed by atoms with Gasteiger partial charge >= 0.3 is 0 Å². The molecule has 3 rings (SSSR count). The molecule has 122 valence electrons. The quantitative estimate of drug-likeness (QED) is 0.691. The maximum Gasteiger partial charge on any atom is 0.209 e. The summed E-state index contributed by atoms with van der Waals surface area (Å²) in [6.45, 7) is 1.66. The first-order valence-electron chi connectivity index (χ1n) is 7.94. The van der Waals surface area contributed by atoms with Crippen molar-refractivity contribution in [1.82, 2.24) is 9.97 Å². The van der Waals surface area contributed by atoms with Crippen LogP contribution in [0.3, 0.4) is 0 Å². The first-order valence-corrected chi connectivity index (χ1v) is 7.94. The standard InChI is InChI=1S/C21H17N3O/c1-2-7-18(25)14-16-8-6-11-20-19(13-12-16)21(23-15-22-20)24-17-9-4-3-5-10-17/h3-6,8-13,15H,14H2,1H3,(H,22,23,24). The maximum atomic E-state index is 11.8. The number of nitrogens with zero attached hydrogens (tertiary/aromatic N) is 2.